The highest BCUT2D eigenvalue weighted by atomic mass is 16.4. The van der Waals surface area contributed by atoms with Gasteiger partial charge in [0.15, 0.2) is 0 Å². The maximum atomic E-state index is 11.4. The summed E-state index contributed by atoms with van der Waals surface area (Å²) in [5.41, 5.74) is 0. The minimum absolute atomic E-state index is 0.0397. The average Bonchev–Trinajstić information content (AvgIpc) is 2.14. The smallest absolute Gasteiger partial charge is 0.320 e. The zero-order valence-corrected chi connectivity index (χ0v) is 10.5. The molecule has 1 atom stereocenters. The number of carbonyl (C=O) groups excluding carboxylic acids is 1. The van der Waals surface area contributed by atoms with Crippen molar-refractivity contribution in [1.82, 2.24) is 10.2 Å². The van der Waals surface area contributed by atoms with Gasteiger partial charge in [-0.15, -0.1) is 0 Å². The van der Waals surface area contributed by atoms with Crippen molar-refractivity contribution in [1.29, 1.82) is 0 Å². The zero-order chi connectivity index (χ0) is 12.7. The number of rotatable bonds is 7. The van der Waals surface area contributed by atoms with Crippen molar-refractivity contribution in [2.75, 3.05) is 13.6 Å². The lowest BCUT2D eigenvalue weighted by Crippen LogP contribution is -2.40. The summed E-state index contributed by atoms with van der Waals surface area (Å²) in [5.74, 6) is -0.878. The summed E-state index contributed by atoms with van der Waals surface area (Å²) >= 11 is 0. The normalized spacial score (nSPS) is 12.9. The SMILES string of the molecule is CCC(C(=O)O)N(C)CCC(=O)NC(C)C. The van der Waals surface area contributed by atoms with E-state index < -0.39 is 12.0 Å². The van der Waals surface area contributed by atoms with Gasteiger partial charge in [-0.2, -0.15) is 0 Å². The first-order valence-electron chi connectivity index (χ1n) is 5.60. The van der Waals surface area contributed by atoms with E-state index in [4.69, 9.17) is 5.11 Å². The summed E-state index contributed by atoms with van der Waals surface area (Å²) in [6, 6.07) is -0.383. The molecule has 0 aromatic carbocycles. The van der Waals surface area contributed by atoms with Gasteiger partial charge in [-0.3, -0.25) is 14.5 Å². The van der Waals surface area contributed by atoms with Gasteiger partial charge in [0, 0.05) is 19.0 Å². The summed E-state index contributed by atoms with van der Waals surface area (Å²) in [4.78, 5) is 23.9. The fourth-order valence-electron chi connectivity index (χ4n) is 1.50. The quantitative estimate of drug-likeness (QED) is 0.675. The second-order valence-corrected chi connectivity index (χ2v) is 4.22. The molecule has 5 heteroatoms. The molecule has 0 radical (unpaired) electrons. The number of hydrogen-bond donors (Lipinski definition) is 2. The van der Waals surface area contributed by atoms with Crippen molar-refractivity contribution < 1.29 is 14.7 Å². The van der Waals surface area contributed by atoms with Gasteiger partial charge < -0.3 is 10.4 Å². The molecule has 0 fully saturated rings. The topological polar surface area (TPSA) is 69.6 Å². The van der Waals surface area contributed by atoms with Crippen LogP contribution in [0.15, 0.2) is 0 Å². The van der Waals surface area contributed by atoms with Crippen molar-refractivity contribution in [2.24, 2.45) is 0 Å². The van der Waals surface area contributed by atoms with Crippen molar-refractivity contribution in [3.8, 4) is 0 Å². The van der Waals surface area contributed by atoms with Gasteiger partial charge >= 0.3 is 5.97 Å². The van der Waals surface area contributed by atoms with Gasteiger partial charge in [0.25, 0.3) is 0 Å². The number of nitrogens with one attached hydrogen (secondary N) is 1. The third kappa shape index (κ3) is 5.70. The van der Waals surface area contributed by atoms with Crippen LogP contribution < -0.4 is 5.32 Å². The lowest BCUT2D eigenvalue weighted by atomic mass is 10.2. The molecule has 0 bridgehead atoms. The van der Waals surface area contributed by atoms with E-state index in [1.165, 1.54) is 0 Å². The monoisotopic (exact) mass is 230 g/mol. The lowest BCUT2D eigenvalue weighted by molar-refractivity contribution is -0.143. The molecule has 5 nitrogen and oxygen atoms in total. The predicted octanol–water partition coefficient (Wildman–Crippen LogP) is 0.696. The Morgan fingerprint density at radius 2 is 1.94 bits per heavy atom. The van der Waals surface area contributed by atoms with Crippen LogP contribution in [0.5, 0.6) is 0 Å². The Morgan fingerprint density at radius 3 is 2.31 bits per heavy atom. The van der Waals surface area contributed by atoms with Crippen LogP contribution in [0.3, 0.4) is 0 Å². The molecule has 1 unspecified atom stereocenters. The molecule has 0 aromatic rings. The number of hydrogen-bond acceptors (Lipinski definition) is 3. The molecule has 0 aliphatic heterocycles. The summed E-state index contributed by atoms with van der Waals surface area (Å²) < 4.78 is 0. The van der Waals surface area contributed by atoms with E-state index in [0.717, 1.165) is 0 Å². The zero-order valence-electron chi connectivity index (χ0n) is 10.5. The summed E-state index contributed by atoms with van der Waals surface area (Å²) in [5, 5.41) is 11.7. The molecule has 0 aromatic heterocycles. The van der Waals surface area contributed by atoms with E-state index in [1.807, 2.05) is 20.8 Å². The highest BCUT2D eigenvalue weighted by Gasteiger charge is 2.20. The van der Waals surface area contributed by atoms with Gasteiger partial charge in [-0.1, -0.05) is 6.92 Å². The van der Waals surface area contributed by atoms with E-state index in [1.54, 1.807) is 11.9 Å². The Balaban J connectivity index is 4.00. The van der Waals surface area contributed by atoms with Crippen LogP contribution in [0, 0.1) is 0 Å². The minimum Gasteiger partial charge on any atom is -0.480 e. The number of aliphatic carboxylic acids is 1. The van der Waals surface area contributed by atoms with Gasteiger partial charge in [0.05, 0.1) is 0 Å². The number of nitrogens with zero attached hydrogens (tertiary/aromatic N) is 1. The Kier molecular flexibility index (Phi) is 6.72. The molecule has 0 rings (SSSR count). The standard InChI is InChI=1S/C11H22N2O3/c1-5-9(11(15)16)13(4)7-6-10(14)12-8(2)3/h8-9H,5-7H2,1-4H3,(H,12,14)(H,15,16). The molecule has 94 valence electrons. The molecule has 0 saturated heterocycles. The average molecular weight is 230 g/mol. The predicted molar refractivity (Wildman–Crippen MR) is 62.2 cm³/mol. The molecule has 2 N–H and O–H groups in total. The molecule has 0 saturated carbocycles. The van der Waals surface area contributed by atoms with Gasteiger partial charge in [0.2, 0.25) is 5.91 Å². The Labute approximate surface area is 96.8 Å². The largest absolute Gasteiger partial charge is 0.480 e. The van der Waals surface area contributed by atoms with Crippen LogP contribution in [-0.4, -0.2) is 47.6 Å². The third-order valence-electron chi connectivity index (χ3n) is 2.35. The lowest BCUT2D eigenvalue weighted by Gasteiger charge is -2.23. The summed E-state index contributed by atoms with van der Waals surface area (Å²) in [6.07, 6.45) is 0.871. The number of carboxylic acid groups (broad SMARTS) is 1. The number of carbonyl (C=O) groups is 2. The Morgan fingerprint density at radius 1 is 1.38 bits per heavy atom. The number of likely N-dealkylation sites (N-methyl/N-ethyl adjacent to an activating group) is 1. The molecular formula is C11H22N2O3. The molecule has 0 spiro atoms. The molecule has 0 aliphatic carbocycles. The first-order valence-corrected chi connectivity index (χ1v) is 5.60. The van der Waals surface area contributed by atoms with E-state index in [0.29, 0.717) is 19.4 Å². The van der Waals surface area contributed by atoms with Gasteiger partial charge in [-0.25, -0.2) is 0 Å². The second-order valence-electron chi connectivity index (χ2n) is 4.22. The van der Waals surface area contributed by atoms with Crippen molar-refractivity contribution in [3.05, 3.63) is 0 Å². The molecule has 0 heterocycles. The van der Waals surface area contributed by atoms with E-state index >= 15 is 0 Å². The summed E-state index contributed by atoms with van der Waals surface area (Å²) in [7, 11) is 1.73. The molecule has 1 amide bonds. The third-order valence-corrected chi connectivity index (χ3v) is 2.35. The first kappa shape index (κ1) is 14.9. The molecule has 0 aliphatic rings. The molecular weight excluding hydrogens is 208 g/mol. The van der Waals surface area contributed by atoms with Crippen LogP contribution >= 0.6 is 0 Å². The van der Waals surface area contributed by atoms with Gasteiger partial charge in [-0.05, 0) is 27.3 Å². The number of amides is 1. The van der Waals surface area contributed by atoms with Gasteiger partial charge in [0.1, 0.15) is 6.04 Å². The fraction of sp³-hybridized carbons (Fsp3) is 0.818. The molecule has 16 heavy (non-hydrogen) atoms. The fourth-order valence-corrected chi connectivity index (χ4v) is 1.50. The first-order chi connectivity index (χ1) is 7.38. The van der Waals surface area contributed by atoms with E-state index in [9.17, 15) is 9.59 Å². The Bertz CT molecular complexity index is 241. The minimum atomic E-state index is -0.839. The highest BCUT2D eigenvalue weighted by molar-refractivity contribution is 5.76. The maximum absolute atomic E-state index is 11.4. The Hall–Kier alpha value is -1.10. The highest BCUT2D eigenvalue weighted by Crippen LogP contribution is 2.02. The van der Waals surface area contributed by atoms with Crippen LogP contribution in [-0.2, 0) is 9.59 Å². The van der Waals surface area contributed by atoms with E-state index in [2.05, 4.69) is 5.32 Å². The van der Waals surface area contributed by atoms with E-state index in [-0.39, 0.29) is 11.9 Å². The van der Waals surface area contributed by atoms with Crippen LogP contribution in [0.1, 0.15) is 33.6 Å². The summed E-state index contributed by atoms with van der Waals surface area (Å²) in [6.45, 7) is 6.08. The second kappa shape index (κ2) is 7.22. The number of carboxylic acids is 1. The maximum Gasteiger partial charge on any atom is 0.320 e. The van der Waals surface area contributed by atoms with Crippen LogP contribution in [0.4, 0.5) is 0 Å². The van der Waals surface area contributed by atoms with Crippen molar-refractivity contribution >= 4 is 11.9 Å². The van der Waals surface area contributed by atoms with Crippen molar-refractivity contribution in [2.45, 2.75) is 45.7 Å². The van der Waals surface area contributed by atoms with Crippen LogP contribution in [0.2, 0.25) is 0 Å². The van der Waals surface area contributed by atoms with Crippen LogP contribution in [0.25, 0.3) is 0 Å². The van der Waals surface area contributed by atoms with Crippen molar-refractivity contribution in [3.63, 3.8) is 0 Å².